The van der Waals surface area contributed by atoms with Crippen LogP contribution in [0, 0.1) is 6.92 Å². The summed E-state index contributed by atoms with van der Waals surface area (Å²) in [7, 11) is -3.85. The highest BCUT2D eigenvalue weighted by atomic mass is 35.5. The highest BCUT2D eigenvalue weighted by Crippen LogP contribution is 2.24. The molecular formula is C24H26ClN3O3S. The molecule has 0 atom stereocenters. The maximum atomic E-state index is 12.9. The number of nitrogens with zero attached hydrogens (tertiary/aromatic N) is 1. The fraction of sp³-hybridized carbons (Fsp3) is 0.208. The van der Waals surface area contributed by atoms with Crippen molar-refractivity contribution in [2.75, 3.05) is 28.0 Å². The molecule has 6 nitrogen and oxygen atoms in total. The largest absolute Gasteiger partial charge is 0.372 e. The highest BCUT2D eigenvalue weighted by Gasteiger charge is 2.18. The second-order valence-corrected chi connectivity index (χ2v) is 9.35. The Morgan fingerprint density at radius 1 is 0.906 bits per heavy atom. The van der Waals surface area contributed by atoms with Gasteiger partial charge < -0.3 is 10.2 Å². The number of anilines is 3. The highest BCUT2D eigenvalue weighted by molar-refractivity contribution is 7.92. The SMILES string of the molecule is CCN(CC)c1ccc(C(=O)Nc2ccc(C)c(S(=O)(=O)Nc3ccc(Cl)cc3)c2)cc1. The molecule has 32 heavy (non-hydrogen) atoms. The van der Waals surface area contributed by atoms with Crippen molar-refractivity contribution in [1.29, 1.82) is 0 Å². The monoisotopic (exact) mass is 471 g/mol. The molecule has 3 rings (SSSR count). The Hall–Kier alpha value is -3.03. The van der Waals surface area contributed by atoms with Gasteiger partial charge in [0.25, 0.3) is 15.9 Å². The molecule has 0 aliphatic carbocycles. The van der Waals surface area contributed by atoms with E-state index in [1.807, 2.05) is 12.1 Å². The Morgan fingerprint density at radius 3 is 2.09 bits per heavy atom. The normalized spacial score (nSPS) is 11.1. The Balaban J connectivity index is 1.79. The summed E-state index contributed by atoms with van der Waals surface area (Å²) >= 11 is 5.86. The van der Waals surface area contributed by atoms with Crippen molar-refractivity contribution in [2.45, 2.75) is 25.7 Å². The van der Waals surface area contributed by atoms with Gasteiger partial charge in [-0.25, -0.2) is 8.42 Å². The van der Waals surface area contributed by atoms with E-state index in [1.54, 1.807) is 55.5 Å². The van der Waals surface area contributed by atoms with Gasteiger partial charge in [0.2, 0.25) is 0 Å². The second-order valence-electron chi connectivity index (χ2n) is 7.27. The maximum Gasteiger partial charge on any atom is 0.262 e. The van der Waals surface area contributed by atoms with Crippen molar-refractivity contribution in [3.05, 3.63) is 82.9 Å². The number of hydrogen-bond acceptors (Lipinski definition) is 4. The molecule has 0 heterocycles. The molecule has 0 unspecified atom stereocenters. The molecule has 0 radical (unpaired) electrons. The molecular weight excluding hydrogens is 446 g/mol. The van der Waals surface area contributed by atoms with Crippen LogP contribution in [-0.4, -0.2) is 27.4 Å². The zero-order valence-corrected chi connectivity index (χ0v) is 19.8. The molecule has 0 fully saturated rings. The minimum Gasteiger partial charge on any atom is -0.372 e. The van der Waals surface area contributed by atoms with Gasteiger partial charge in [-0.1, -0.05) is 17.7 Å². The van der Waals surface area contributed by atoms with Crippen LogP contribution in [0.2, 0.25) is 5.02 Å². The number of nitrogens with one attached hydrogen (secondary N) is 2. The van der Waals surface area contributed by atoms with Crippen LogP contribution >= 0.6 is 11.6 Å². The van der Waals surface area contributed by atoms with Crippen LogP contribution in [0.15, 0.2) is 71.6 Å². The first-order chi connectivity index (χ1) is 15.2. The second kappa shape index (κ2) is 10.1. The number of aryl methyl sites for hydroxylation is 1. The lowest BCUT2D eigenvalue weighted by atomic mass is 10.1. The minimum atomic E-state index is -3.85. The molecule has 168 valence electrons. The van der Waals surface area contributed by atoms with Crippen molar-refractivity contribution < 1.29 is 13.2 Å². The smallest absolute Gasteiger partial charge is 0.262 e. The van der Waals surface area contributed by atoms with E-state index in [0.717, 1.165) is 18.8 Å². The average Bonchev–Trinajstić information content (AvgIpc) is 2.77. The summed E-state index contributed by atoms with van der Waals surface area (Å²) in [6.07, 6.45) is 0. The number of amides is 1. The van der Waals surface area contributed by atoms with E-state index in [4.69, 9.17) is 11.6 Å². The van der Waals surface area contributed by atoms with Crippen LogP contribution in [0.5, 0.6) is 0 Å². The molecule has 0 saturated carbocycles. The Morgan fingerprint density at radius 2 is 1.50 bits per heavy atom. The van der Waals surface area contributed by atoms with Gasteiger partial charge >= 0.3 is 0 Å². The molecule has 0 aliphatic rings. The van der Waals surface area contributed by atoms with Crippen molar-refractivity contribution >= 4 is 44.6 Å². The van der Waals surface area contributed by atoms with Crippen LogP contribution in [-0.2, 0) is 10.0 Å². The van der Waals surface area contributed by atoms with Gasteiger partial charge in [0.05, 0.1) is 4.90 Å². The van der Waals surface area contributed by atoms with Gasteiger partial charge in [-0.2, -0.15) is 0 Å². The van der Waals surface area contributed by atoms with Gasteiger partial charge in [-0.3, -0.25) is 9.52 Å². The Labute approximate surface area is 194 Å². The fourth-order valence-corrected chi connectivity index (χ4v) is 4.77. The first kappa shape index (κ1) is 23.6. The summed E-state index contributed by atoms with van der Waals surface area (Å²) in [6, 6.07) is 18.5. The number of carbonyl (C=O) groups excluding carboxylic acids is 1. The average molecular weight is 472 g/mol. The van der Waals surface area contributed by atoms with Crippen molar-refractivity contribution in [3.63, 3.8) is 0 Å². The third-order valence-corrected chi connectivity index (χ3v) is 6.87. The third kappa shape index (κ3) is 5.60. The van der Waals surface area contributed by atoms with E-state index in [0.29, 0.717) is 27.5 Å². The van der Waals surface area contributed by atoms with Gasteiger partial charge in [0.1, 0.15) is 0 Å². The topological polar surface area (TPSA) is 78.5 Å². The Bertz CT molecular complexity index is 1190. The maximum absolute atomic E-state index is 12.9. The lowest BCUT2D eigenvalue weighted by Gasteiger charge is -2.21. The van der Waals surface area contributed by atoms with Crippen molar-refractivity contribution in [2.24, 2.45) is 0 Å². The van der Waals surface area contributed by atoms with Gasteiger partial charge in [-0.05, 0) is 87.0 Å². The van der Waals surface area contributed by atoms with E-state index in [9.17, 15) is 13.2 Å². The van der Waals surface area contributed by atoms with Crippen molar-refractivity contribution in [3.8, 4) is 0 Å². The standard InChI is InChI=1S/C24H26ClN3O3S/c1-4-28(5-2)22-14-7-18(8-15-22)24(29)26-21-11-6-17(3)23(16-21)32(30,31)27-20-12-9-19(25)10-13-20/h6-16,27H,4-5H2,1-3H3,(H,26,29). The molecule has 0 aliphatic heterocycles. The van der Waals surface area contributed by atoms with Crippen LogP contribution in [0.4, 0.5) is 17.1 Å². The number of rotatable bonds is 8. The molecule has 3 aromatic rings. The molecule has 0 saturated heterocycles. The lowest BCUT2D eigenvalue weighted by Crippen LogP contribution is -2.22. The van der Waals surface area contributed by atoms with E-state index >= 15 is 0 Å². The first-order valence-corrected chi connectivity index (χ1v) is 12.1. The van der Waals surface area contributed by atoms with Crippen LogP contribution in [0.1, 0.15) is 29.8 Å². The molecule has 1 amide bonds. The predicted octanol–water partition coefficient (Wildman–Crippen LogP) is 5.55. The number of benzene rings is 3. The summed E-state index contributed by atoms with van der Waals surface area (Å²) in [5, 5.41) is 3.30. The number of carbonyl (C=O) groups is 1. The first-order valence-electron chi connectivity index (χ1n) is 10.3. The van der Waals surface area contributed by atoms with E-state index in [1.165, 1.54) is 6.07 Å². The summed E-state index contributed by atoms with van der Waals surface area (Å²) in [6.45, 7) is 7.62. The van der Waals surface area contributed by atoms with E-state index in [-0.39, 0.29) is 10.8 Å². The summed E-state index contributed by atoms with van der Waals surface area (Å²) in [5.41, 5.74) is 2.89. The van der Waals surface area contributed by atoms with Gasteiger partial charge in [-0.15, -0.1) is 0 Å². The fourth-order valence-electron chi connectivity index (χ4n) is 3.31. The van der Waals surface area contributed by atoms with Crippen LogP contribution in [0.25, 0.3) is 0 Å². The van der Waals surface area contributed by atoms with Gasteiger partial charge in [0.15, 0.2) is 0 Å². The molecule has 2 N–H and O–H groups in total. The lowest BCUT2D eigenvalue weighted by molar-refractivity contribution is 0.102. The quantitative estimate of drug-likeness (QED) is 0.451. The number of sulfonamides is 1. The summed E-state index contributed by atoms with van der Waals surface area (Å²) in [5.74, 6) is -0.311. The molecule has 3 aromatic carbocycles. The van der Waals surface area contributed by atoms with E-state index in [2.05, 4.69) is 28.8 Å². The minimum absolute atomic E-state index is 0.0853. The van der Waals surface area contributed by atoms with Crippen LogP contribution < -0.4 is 14.9 Å². The summed E-state index contributed by atoms with van der Waals surface area (Å²) < 4.78 is 28.4. The molecule has 0 bridgehead atoms. The van der Waals surface area contributed by atoms with Gasteiger partial charge in [0, 0.05) is 40.7 Å². The Kier molecular flexibility index (Phi) is 7.43. The summed E-state index contributed by atoms with van der Waals surface area (Å²) in [4.78, 5) is 15.0. The number of halogens is 1. The molecule has 0 spiro atoms. The zero-order valence-electron chi connectivity index (χ0n) is 18.2. The van der Waals surface area contributed by atoms with Crippen LogP contribution in [0.3, 0.4) is 0 Å². The zero-order chi connectivity index (χ0) is 23.3. The predicted molar refractivity (Wildman–Crippen MR) is 131 cm³/mol. The number of hydrogen-bond donors (Lipinski definition) is 2. The molecule has 0 aromatic heterocycles. The third-order valence-electron chi connectivity index (χ3n) is 5.09. The van der Waals surface area contributed by atoms with Crippen molar-refractivity contribution in [1.82, 2.24) is 0 Å². The van der Waals surface area contributed by atoms with E-state index < -0.39 is 10.0 Å². The molecule has 8 heteroatoms.